The van der Waals surface area contributed by atoms with Crippen LogP contribution in [0.1, 0.15) is 18.3 Å². The van der Waals surface area contributed by atoms with E-state index in [0.717, 1.165) is 18.1 Å². The van der Waals surface area contributed by atoms with E-state index in [-0.39, 0.29) is 0 Å². The highest BCUT2D eigenvalue weighted by atomic mass is 15.3. The summed E-state index contributed by atoms with van der Waals surface area (Å²) in [5, 5.41) is 4.26. The molecule has 0 radical (unpaired) electrons. The monoisotopic (exact) mass is 135 g/mol. The molecule has 0 bridgehead atoms. The van der Waals surface area contributed by atoms with Gasteiger partial charge in [-0.05, 0) is 19.9 Å². The van der Waals surface area contributed by atoms with Crippen molar-refractivity contribution in [2.75, 3.05) is 0 Å². The van der Waals surface area contributed by atoms with Crippen molar-refractivity contribution in [3.8, 4) is 0 Å². The first-order valence-corrected chi connectivity index (χ1v) is 3.34. The fourth-order valence-electron chi connectivity index (χ4n) is 1.21. The van der Waals surface area contributed by atoms with Crippen molar-refractivity contribution in [2.24, 2.45) is 4.99 Å². The van der Waals surface area contributed by atoms with Crippen LogP contribution in [0.2, 0.25) is 0 Å². The van der Waals surface area contributed by atoms with Crippen LogP contribution in [-0.2, 0) is 6.54 Å². The second kappa shape index (κ2) is 1.68. The molecule has 0 aliphatic carbocycles. The van der Waals surface area contributed by atoms with Crippen LogP contribution in [-0.4, -0.2) is 15.6 Å². The third-order valence-electron chi connectivity index (χ3n) is 1.68. The van der Waals surface area contributed by atoms with E-state index in [1.165, 1.54) is 5.69 Å². The van der Waals surface area contributed by atoms with E-state index in [9.17, 15) is 0 Å². The summed E-state index contributed by atoms with van der Waals surface area (Å²) in [6, 6.07) is 2.07. The lowest BCUT2D eigenvalue weighted by molar-refractivity contribution is 0.891. The third kappa shape index (κ3) is 0.602. The number of aliphatic imine (C=N–C) groups is 1. The second-order valence-electron chi connectivity index (χ2n) is 2.55. The Morgan fingerprint density at radius 3 is 3.00 bits per heavy atom. The number of rotatable bonds is 0. The highest BCUT2D eigenvalue weighted by molar-refractivity contribution is 5.83. The number of aromatic nitrogens is 2. The molecule has 0 atom stereocenters. The van der Waals surface area contributed by atoms with E-state index >= 15 is 0 Å². The summed E-state index contributed by atoms with van der Waals surface area (Å²) in [5.41, 5.74) is 2.28. The Hall–Kier alpha value is -1.12. The van der Waals surface area contributed by atoms with Crippen LogP contribution in [0.5, 0.6) is 0 Å². The van der Waals surface area contributed by atoms with Crippen LogP contribution in [0.4, 0.5) is 0 Å². The van der Waals surface area contributed by atoms with Gasteiger partial charge in [0.05, 0.1) is 17.9 Å². The number of hydrogen-bond donors (Lipinski definition) is 0. The van der Waals surface area contributed by atoms with Gasteiger partial charge in [-0.15, -0.1) is 0 Å². The molecular formula is C7H9N3. The van der Waals surface area contributed by atoms with Crippen molar-refractivity contribution in [3.63, 3.8) is 0 Å². The largest absolute Gasteiger partial charge is 0.264 e. The molecule has 52 valence electrons. The number of hydrogen-bond acceptors (Lipinski definition) is 2. The molecule has 2 rings (SSSR count). The predicted octanol–water partition coefficient (Wildman–Crippen LogP) is 0.972. The van der Waals surface area contributed by atoms with Gasteiger partial charge >= 0.3 is 0 Å². The highest BCUT2D eigenvalue weighted by Gasteiger charge is 2.11. The first-order chi connectivity index (χ1) is 4.77. The van der Waals surface area contributed by atoms with Gasteiger partial charge in [0.25, 0.3) is 0 Å². The summed E-state index contributed by atoms with van der Waals surface area (Å²) < 4.78 is 1.90. The standard InChI is InChI=1S/C7H9N3/c1-5-3-7-4-8-6(2)10(7)9-5/h3H,4H2,1-2H3. The van der Waals surface area contributed by atoms with Gasteiger partial charge in [0.2, 0.25) is 0 Å². The molecule has 0 saturated heterocycles. The molecule has 1 aromatic rings. The number of aryl methyl sites for hydroxylation is 1. The molecule has 3 nitrogen and oxygen atoms in total. The second-order valence-corrected chi connectivity index (χ2v) is 2.55. The first-order valence-electron chi connectivity index (χ1n) is 3.34. The van der Waals surface area contributed by atoms with Crippen molar-refractivity contribution in [1.82, 2.24) is 9.78 Å². The summed E-state index contributed by atoms with van der Waals surface area (Å²) in [6.07, 6.45) is 0. The fourth-order valence-corrected chi connectivity index (χ4v) is 1.21. The van der Waals surface area contributed by atoms with E-state index in [1.54, 1.807) is 0 Å². The minimum absolute atomic E-state index is 0.798. The average Bonchev–Trinajstić information content (AvgIpc) is 2.35. The average molecular weight is 135 g/mol. The van der Waals surface area contributed by atoms with Gasteiger partial charge in [0, 0.05) is 0 Å². The van der Waals surface area contributed by atoms with Crippen molar-refractivity contribution in [1.29, 1.82) is 0 Å². The fraction of sp³-hybridized carbons (Fsp3) is 0.429. The minimum atomic E-state index is 0.798. The lowest BCUT2D eigenvalue weighted by Crippen LogP contribution is -2.05. The summed E-state index contributed by atoms with van der Waals surface area (Å²) in [5.74, 6) is 1.00. The van der Waals surface area contributed by atoms with Gasteiger partial charge in [-0.2, -0.15) is 5.10 Å². The Labute approximate surface area is 59.4 Å². The van der Waals surface area contributed by atoms with Gasteiger partial charge < -0.3 is 0 Å². The molecule has 0 saturated carbocycles. The van der Waals surface area contributed by atoms with Crippen LogP contribution < -0.4 is 0 Å². The van der Waals surface area contributed by atoms with Gasteiger partial charge in [-0.1, -0.05) is 0 Å². The molecule has 1 aromatic heterocycles. The Bertz CT molecular complexity index is 296. The van der Waals surface area contributed by atoms with Crippen molar-refractivity contribution < 1.29 is 0 Å². The van der Waals surface area contributed by atoms with E-state index in [0.29, 0.717) is 0 Å². The molecule has 0 N–H and O–H groups in total. The first kappa shape index (κ1) is 5.65. The molecular weight excluding hydrogens is 126 g/mol. The normalized spacial score (nSPS) is 15.2. The van der Waals surface area contributed by atoms with Gasteiger partial charge in [0.1, 0.15) is 5.84 Å². The van der Waals surface area contributed by atoms with E-state index in [1.807, 2.05) is 18.5 Å². The maximum Gasteiger partial charge on any atom is 0.122 e. The molecule has 0 amide bonds. The van der Waals surface area contributed by atoms with Gasteiger partial charge in [-0.3, -0.25) is 4.99 Å². The topological polar surface area (TPSA) is 30.2 Å². The quantitative estimate of drug-likeness (QED) is 0.521. The van der Waals surface area contributed by atoms with E-state index < -0.39 is 0 Å². The maximum absolute atomic E-state index is 4.26. The Balaban J connectivity index is 2.59. The van der Waals surface area contributed by atoms with Crippen molar-refractivity contribution >= 4 is 5.84 Å². The molecule has 2 heterocycles. The van der Waals surface area contributed by atoms with Crippen LogP contribution in [0.15, 0.2) is 11.1 Å². The zero-order valence-corrected chi connectivity index (χ0v) is 6.13. The van der Waals surface area contributed by atoms with Gasteiger partial charge in [-0.25, -0.2) is 4.68 Å². The van der Waals surface area contributed by atoms with Crippen LogP contribution in [0.3, 0.4) is 0 Å². The Morgan fingerprint density at radius 1 is 1.50 bits per heavy atom. The predicted molar refractivity (Wildman–Crippen MR) is 39.2 cm³/mol. The molecule has 0 spiro atoms. The molecule has 0 unspecified atom stereocenters. The highest BCUT2D eigenvalue weighted by Crippen LogP contribution is 2.10. The summed E-state index contributed by atoms with van der Waals surface area (Å²) >= 11 is 0. The SMILES string of the molecule is CC1=NCc2cc(C)nn21. The van der Waals surface area contributed by atoms with Crippen LogP contribution in [0, 0.1) is 6.92 Å². The molecule has 1 aliphatic heterocycles. The Morgan fingerprint density at radius 2 is 2.30 bits per heavy atom. The lowest BCUT2D eigenvalue weighted by Gasteiger charge is -1.91. The van der Waals surface area contributed by atoms with Crippen LogP contribution in [0.25, 0.3) is 0 Å². The molecule has 3 heteroatoms. The summed E-state index contributed by atoms with van der Waals surface area (Å²) in [7, 11) is 0. The third-order valence-corrected chi connectivity index (χ3v) is 1.68. The molecule has 10 heavy (non-hydrogen) atoms. The zero-order valence-electron chi connectivity index (χ0n) is 6.13. The minimum Gasteiger partial charge on any atom is -0.264 e. The van der Waals surface area contributed by atoms with Crippen molar-refractivity contribution in [2.45, 2.75) is 20.4 Å². The lowest BCUT2D eigenvalue weighted by atomic mass is 10.4. The summed E-state index contributed by atoms with van der Waals surface area (Å²) in [4.78, 5) is 4.22. The Kier molecular flexibility index (Phi) is 0.952. The van der Waals surface area contributed by atoms with Crippen LogP contribution >= 0.6 is 0 Å². The summed E-state index contributed by atoms with van der Waals surface area (Å²) in [6.45, 7) is 4.77. The van der Waals surface area contributed by atoms with Gasteiger partial charge in [0.15, 0.2) is 0 Å². The molecule has 1 aliphatic rings. The molecule has 0 fully saturated rings. The smallest absolute Gasteiger partial charge is 0.122 e. The number of nitrogens with zero attached hydrogens (tertiary/aromatic N) is 3. The molecule has 0 aromatic carbocycles. The van der Waals surface area contributed by atoms with Crippen molar-refractivity contribution in [3.05, 3.63) is 17.5 Å². The van der Waals surface area contributed by atoms with E-state index in [4.69, 9.17) is 0 Å². The zero-order chi connectivity index (χ0) is 7.14. The number of fused-ring (bicyclic) bond motifs is 1. The maximum atomic E-state index is 4.26. The van der Waals surface area contributed by atoms with E-state index in [2.05, 4.69) is 16.2 Å².